The normalized spacial score (nSPS) is 14.6. The minimum Gasteiger partial charge on any atom is -0.479 e. The molecule has 0 aliphatic rings. The summed E-state index contributed by atoms with van der Waals surface area (Å²) in [6, 6.07) is 0. The van der Waals surface area contributed by atoms with Gasteiger partial charge in [0.05, 0.1) is 0 Å². The Kier molecular flexibility index (Phi) is 6.27. The number of carbonyl (C=O) groups is 2. The van der Waals surface area contributed by atoms with Crippen LogP contribution in [0.15, 0.2) is 0 Å². The van der Waals surface area contributed by atoms with Crippen LogP contribution in [0.3, 0.4) is 0 Å². The maximum absolute atomic E-state index is 11.6. The molecule has 0 aromatic heterocycles. The van der Waals surface area contributed by atoms with Gasteiger partial charge >= 0.3 is 11.9 Å². The number of hydrogen-bond acceptors (Lipinski definition) is 5. The summed E-state index contributed by atoms with van der Waals surface area (Å²) in [7, 11) is 0. The summed E-state index contributed by atoms with van der Waals surface area (Å²) in [5.41, 5.74) is 2.87. The second-order valence-corrected chi connectivity index (χ2v) is 4.53. The first-order valence-corrected chi connectivity index (χ1v) is 4.89. The molecule has 1 unspecified atom stereocenters. The third-order valence-corrected chi connectivity index (χ3v) is 1.79. The Hall–Kier alpha value is -1.14. The molecule has 0 heterocycles. The molecule has 0 aromatic carbocycles. The van der Waals surface area contributed by atoms with Crippen LogP contribution in [0.4, 0.5) is 0 Å². The lowest BCUT2D eigenvalue weighted by atomic mass is 9.95. The van der Waals surface area contributed by atoms with Gasteiger partial charge in [-0.05, 0) is 27.2 Å². The van der Waals surface area contributed by atoms with Crippen LogP contribution in [0.5, 0.6) is 0 Å². The summed E-state index contributed by atoms with van der Waals surface area (Å²) >= 11 is 0. The third kappa shape index (κ3) is 4.59. The summed E-state index contributed by atoms with van der Waals surface area (Å²) in [5, 5.41) is 8.91. The van der Waals surface area contributed by atoms with Gasteiger partial charge in [0.1, 0.15) is 5.60 Å². The van der Waals surface area contributed by atoms with E-state index in [1.165, 1.54) is 0 Å². The van der Waals surface area contributed by atoms with E-state index in [1.54, 1.807) is 27.7 Å². The SMILES string of the molecule is CCCC(N)(C(=O)O)C(=O)OC(C)(C)C.N. The molecular formula is C10H22N2O4. The Morgan fingerprint density at radius 1 is 1.31 bits per heavy atom. The van der Waals surface area contributed by atoms with E-state index in [2.05, 4.69) is 0 Å². The van der Waals surface area contributed by atoms with Gasteiger partial charge in [-0.3, -0.25) is 0 Å². The zero-order chi connectivity index (χ0) is 12.3. The molecule has 0 saturated heterocycles. The van der Waals surface area contributed by atoms with Crippen molar-refractivity contribution in [2.24, 2.45) is 5.73 Å². The van der Waals surface area contributed by atoms with E-state index in [0.29, 0.717) is 6.42 Å². The average molecular weight is 234 g/mol. The van der Waals surface area contributed by atoms with Crippen molar-refractivity contribution < 1.29 is 19.4 Å². The van der Waals surface area contributed by atoms with Crippen LogP contribution in [-0.2, 0) is 14.3 Å². The van der Waals surface area contributed by atoms with Crippen molar-refractivity contribution in [2.75, 3.05) is 0 Å². The number of ether oxygens (including phenoxy) is 1. The lowest BCUT2D eigenvalue weighted by Gasteiger charge is -2.27. The highest BCUT2D eigenvalue weighted by Gasteiger charge is 2.44. The Morgan fingerprint density at radius 3 is 2.00 bits per heavy atom. The molecule has 0 saturated carbocycles. The lowest BCUT2D eigenvalue weighted by molar-refractivity contribution is -0.169. The fraction of sp³-hybridized carbons (Fsp3) is 0.800. The Balaban J connectivity index is 0. The number of rotatable bonds is 4. The van der Waals surface area contributed by atoms with Gasteiger partial charge in [-0.25, -0.2) is 9.59 Å². The first kappa shape index (κ1) is 17.3. The van der Waals surface area contributed by atoms with Gasteiger partial charge < -0.3 is 21.7 Å². The van der Waals surface area contributed by atoms with E-state index < -0.39 is 23.1 Å². The molecule has 0 bridgehead atoms. The van der Waals surface area contributed by atoms with Crippen molar-refractivity contribution in [1.29, 1.82) is 0 Å². The number of carbonyl (C=O) groups excluding carboxylic acids is 1. The van der Waals surface area contributed by atoms with E-state index in [4.69, 9.17) is 15.6 Å². The monoisotopic (exact) mass is 234 g/mol. The second kappa shape index (κ2) is 5.81. The molecule has 6 heteroatoms. The average Bonchev–Trinajstić information content (AvgIpc) is 2.00. The van der Waals surface area contributed by atoms with E-state index in [9.17, 15) is 9.59 Å². The predicted molar refractivity (Wildman–Crippen MR) is 60.3 cm³/mol. The smallest absolute Gasteiger partial charge is 0.338 e. The molecule has 0 rings (SSSR count). The molecule has 0 amide bonds. The van der Waals surface area contributed by atoms with Crippen LogP contribution in [0.2, 0.25) is 0 Å². The zero-order valence-electron chi connectivity index (χ0n) is 10.4. The quantitative estimate of drug-likeness (QED) is 0.493. The van der Waals surface area contributed by atoms with Crippen LogP contribution >= 0.6 is 0 Å². The Bertz CT molecular complexity index is 260. The molecule has 16 heavy (non-hydrogen) atoms. The van der Waals surface area contributed by atoms with Crippen molar-refractivity contribution >= 4 is 11.9 Å². The molecule has 6 N–H and O–H groups in total. The first-order valence-electron chi connectivity index (χ1n) is 4.89. The molecule has 96 valence electrons. The molecule has 0 radical (unpaired) electrons. The summed E-state index contributed by atoms with van der Waals surface area (Å²) in [5.74, 6) is -2.23. The number of esters is 1. The molecule has 0 aliphatic carbocycles. The minimum atomic E-state index is -1.93. The van der Waals surface area contributed by atoms with E-state index in [-0.39, 0.29) is 12.6 Å². The van der Waals surface area contributed by atoms with Crippen LogP contribution in [0.25, 0.3) is 0 Å². The van der Waals surface area contributed by atoms with E-state index >= 15 is 0 Å². The first-order chi connectivity index (χ1) is 6.63. The maximum Gasteiger partial charge on any atom is 0.338 e. The van der Waals surface area contributed by atoms with Crippen molar-refractivity contribution in [3.63, 3.8) is 0 Å². The Labute approximate surface area is 95.7 Å². The van der Waals surface area contributed by atoms with E-state index in [1.807, 2.05) is 0 Å². The fourth-order valence-electron chi connectivity index (χ4n) is 1.06. The summed E-state index contributed by atoms with van der Waals surface area (Å²) in [4.78, 5) is 22.5. The van der Waals surface area contributed by atoms with Crippen LogP contribution in [0.1, 0.15) is 40.5 Å². The van der Waals surface area contributed by atoms with Crippen molar-refractivity contribution in [3.05, 3.63) is 0 Å². The second-order valence-electron chi connectivity index (χ2n) is 4.53. The molecule has 0 aromatic rings. The molecule has 6 nitrogen and oxygen atoms in total. The fourth-order valence-corrected chi connectivity index (χ4v) is 1.06. The van der Waals surface area contributed by atoms with Gasteiger partial charge in [0.2, 0.25) is 5.54 Å². The van der Waals surface area contributed by atoms with Crippen molar-refractivity contribution in [3.8, 4) is 0 Å². The number of carboxylic acid groups (broad SMARTS) is 1. The summed E-state index contributed by atoms with van der Waals surface area (Å²) < 4.78 is 4.97. The van der Waals surface area contributed by atoms with Crippen molar-refractivity contribution in [1.82, 2.24) is 6.15 Å². The lowest BCUT2D eigenvalue weighted by Crippen LogP contribution is -2.57. The van der Waals surface area contributed by atoms with Crippen molar-refractivity contribution in [2.45, 2.75) is 51.7 Å². The third-order valence-electron chi connectivity index (χ3n) is 1.79. The molecule has 0 spiro atoms. The van der Waals surface area contributed by atoms with Crippen LogP contribution in [0, 0.1) is 0 Å². The van der Waals surface area contributed by atoms with Gasteiger partial charge in [0, 0.05) is 0 Å². The highest BCUT2D eigenvalue weighted by molar-refractivity contribution is 6.03. The number of carboxylic acids is 1. The highest BCUT2D eigenvalue weighted by atomic mass is 16.6. The molecule has 0 fully saturated rings. The van der Waals surface area contributed by atoms with Gasteiger partial charge in [0.15, 0.2) is 0 Å². The number of nitrogens with two attached hydrogens (primary N) is 1. The maximum atomic E-state index is 11.6. The standard InChI is InChI=1S/C10H19NO4.H3N/c1-5-6-10(11,7(12)13)8(14)15-9(2,3)4;/h5-6,11H2,1-4H3,(H,12,13);1H3. The molecule has 1 atom stereocenters. The zero-order valence-corrected chi connectivity index (χ0v) is 10.4. The predicted octanol–water partition coefficient (Wildman–Crippen LogP) is 1.07. The summed E-state index contributed by atoms with van der Waals surface area (Å²) in [6.07, 6.45) is 0.569. The van der Waals surface area contributed by atoms with Gasteiger partial charge in [0.25, 0.3) is 0 Å². The topological polar surface area (TPSA) is 125 Å². The van der Waals surface area contributed by atoms with Gasteiger partial charge in [-0.15, -0.1) is 0 Å². The van der Waals surface area contributed by atoms with Gasteiger partial charge in [-0.1, -0.05) is 13.3 Å². The largest absolute Gasteiger partial charge is 0.479 e. The molecule has 0 aliphatic heterocycles. The minimum absolute atomic E-state index is 0. The van der Waals surface area contributed by atoms with Crippen LogP contribution < -0.4 is 11.9 Å². The highest BCUT2D eigenvalue weighted by Crippen LogP contribution is 2.17. The molecular weight excluding hydrogens is 212 g/mol. The number of aliphatic carboxylic acids is 1. The van der Waals surface area contributed by atoms with Crippen LogP contribution in [-0.4, -0.2) is 28.2 Å². The van der Waals surface area contributed by atoms with Gasteiger partial charge in [-0.2, -0.15) is 0 Å². The summed E-state index contributed by atoms with van der Waals surface area (Å²) in [6.45, 7) is 6.76. The van der Waals surface area contributed by atoms with E-state index in [0.717, 1.165) is 0 Å². The number of hydrogen-bond donors (Lipinski definition) is 3. The Morgan fingerprint density at radius 2 is 1.75 bits per heavy atom.